The van der Waals surface area contributed by atoms with Gasteiger partial charge in [0.2, 0.25) is 10.0 Å². The summed E-state index contributed by atoms with van der Waals surface area (Å²) in [7, 11) is -2.04. The van der Waals surface area contributed by atoms with E-state index in [1.165, 1.54) is 13.5 Å². The van der Waals surface area contributed by atoms with Gasteiger partial charge in [0.05, 0.1) is 18.3 Å². The van der Waals surface area contributed by atoms with Gasteiger partial charge in [-0.3, -0.25) is 9.69 Å². The van der Waals surface area contributed by atoms with Gasteiger partial charge in [-0.25, -0.2) is 12.7 Å². The Hall–Kier alpha value is -0.660. The Morgan fingerprint density at radius 2 is 1.95 bits per heavy atom. The zero-order chi connectivity index (χ0) is 15.1. The van der Waals surface area contributed by atoms with Gasteiger partial charge >= 0.3 is 5.97 Å². The fourth-order valence-corrected chi connectivity index (χ4v) is 5.71. The predicted octanol–water partition coefficient (Wildman–Crippen LogP) is 0.440. The van der Waals surface area contributed by atoms with E-state index in [1.807, 2.05) is 0 Å². The van der Waals surface area contributed by atoms with Crippen molar-refractivity contribution in [2.45, 2.75) is 38.1 Å². The molecule has 0 aromatic carbocycles. The Morgan fingerprint density at radius 3 is 2.43 bits per heavy atom. The number of esters is 1. The minimum Gasteiger partial charge on any atom is -0.469 e. The van der Waals surface area contributed by atoms with Crippen molar-refractivity contribution in [1.82, 2.24) is 9.21 Å². The molecule has 3 rings (SSSR count). The normalized spacial score (nSPS) is 29.7. The molecule has 7 heteroatoms. The van der Waals surface area contributed by atoms with Crippen molar-refractivity contribution in [1.29, 1.82) is 0 Å². The van der Waals surface area contributed by atoms with E-state index in [-0.39, 0.29) is 11.7 Å². The summed E-state index contributed by atoms with van der Waals surface area (Å²) in [5.74, 6) is -0.449. The van der Waals surface area contributed by atoms with Crippen molar-refractivity contribution in [3.63, 3.8) is 0 Å². The van der Waals surface area contributed by atoms with E-state index in [0.29, 0.717) is 32.0 Å². The minimum absolute atomic E-state index is 0.0839. The number of likely N-dealkylation sites (tertiary alicyclic amines) is 1. The summed E-state index contributed by atoms with van der Waals surface area (Å²) in [5, 5.41) is 0. The Labute approximate surface area is 126 Å². The lowest BCUT2D eigenvalue weighted by atomic mass is 9.70. The standard InChI is InChI=1S/C14H24N2O4S/c1-20-13(17)14(5-2-6-14)11-21(18,19)16-9-4-12(10-16)15-7-3-8-15/h12H,2-11H2,1H3/t12-/m0/s1. The number of rotatable bonds is 5. The van der Waals surface area contributed by atoms with Crippen molar-refractivity contribution < 1.29 is 17.9 Å². The fourth-order valence-electron chi connectivity index (χ4n) is 3.64. The van der Waals surface area contributed by atoms with Crippen LogP contribution < -0.4 is 0 Å². The van der Waals surface area contributed by atoms with Crippen molar-refractivity contribution >= 4 is 16.0 Å². The van der Waals surface area contributed by atoms with Gasteiger partial charge in [0.15, 0.2) is 0 Å². The van der Waals surface area contributed by atoms with Gasteiger partial charge < -0.3 is 4.74 Å². The average Bonchev–Trinajstić information content (AvgIpc) is 2.81. The van der Waals surface area contributed by atoms with Gasteiger partial charge in [-0.1, -0.05) is 6.42 Å². The lowest BCUT2D eigenvalue weighted by molar-refractivity contribution is -0.156. The maximum absolute atomic E-state index is 12.6. The molecule has 2 saturated heterocycles. The van der Waals surface area contributed by atoms with Crippen LogP contribution in [-0.2, 0) is 19.6 Å². The first-order valence-electron chi connectivity index (χ1n) is 7.77. The molecule has 120 valence electrons. The van der Waals surface area contributed by atoms with Crippen LogP contribution in [0.5, 0.6) is 0 Å². The highest BCUT2D eigenvalue weighted by molar-refractivity contribution is 7.89. The Kier molecular flexibility index (Phi) is 4.00. The van der Waals surface area contributed by atoms with Gasteiger partial charge in [0.1, 0.15) is 0 Å². The monoisotopic (exact) mass is 316 g/mol. The van der Waals surface area contributed by atoms with Crippen LogP contribution in [0.2, 0.25) is 0 Å². The highest BCUT2D eigenvalue weighted by Gasteiger charge is 2.50. The van der Waals surface area contributed by atoms with Crippen LogP contribution >= 0.6 is 0 Å². The molecule has 3 aliphatic rings. The van der Waals surface area contributed by atoms with Crippen molar-refractivity contribution in [2.24, 2.45) is 5.41 Å². The Balaban J connectivity index is 1.65. The summed E-state index contributed by atoms with van der Waals surface area (Å²) in [4.78, 5) is 14.3. The molecule has 0 spiro atoms. The molecule has 1 saturated carbocycles. The Bertz CT molecular complexity index is 511. The van der Waals surface area contributed by atoms with E-state index in [9.17, 15) is 13.2 Å². The molecule has 0 unspecified atom stereocenters. The van der Waals surface area contributed by atoms with E-state index < -0.39 is 15.4 Å². The molecular formula is C14H24N2O4S. The number of hydrogen-bond acceptors (Lipinski definition) is 5. The van der Waals surface area contributed by atoms with Crippen LogP contribution in [0.4, 0.5) is 0 Å². The molecule has 2 heterocycles. The summed E-state index contributed by atoms with van der Waals surface area (Å²) >= 11 is 0. The molecule has 0 amide bonds. The van der Waals surface area contributed by atoms with E-state index in [1.54, 1.807) is 4.31 Å². The third-order valence-corrected chi connectivity index (χ3v) is 7.35. The number of nitrogens with zero attached hydrogens (tertiary/aromatic N) is 2. The molecule has 0 aromatic rings. The van der Waals surface area contributed by atoms with Gasteiger partial charge in [-0.15, -0.1) is 0 Å². The zero-order valence-corrected chi connectivity index (χ0v) is 13.4. The first-order chi connectivity index (χ1) is 9.97. The molecule has 0 radical (unpaired) electrons. The summed E-state index contributed by atoms with van der Waals surface area (Å²) in [6, 6.07) is 0.365. The van der Waals surface area contributed by atoms with Gasteiger partial charge in [-0.2, -0.15) is 0 Å². The third kappa shape index (κ3) is 2.71. The second-order valence-electron chi connectivity index (χ2n) is 6.57. The molecule has 1 atom stereocenters. The highest BCUT2D eigenvalue weighted by Crippen LogP contribution is 2.44. The number of methoxy groups -OCH3 is 1. The number of ether oxygens (including phenoxy) is 1. The fraction of sp³-hybridized carbons (Fsp3) is 0.929. The van der Waals surface area contributed by atoms with Gasteiger partial charge in [-0.05, 0) is 38.8 Å². The second-order valence-corrected chi connectivity index (χ2v) is 8.54. The molecule has 0 bridgehead atoms. The lowest BCUT2D eigenvalue weighted by Gasteiger charge is -2.39. The maximum atomic E-state index is 12.6. The molecule has 0 aromatic heterocycles. The smallest absolute Gasteiger partial charge is 0.312 e. The first-order valence-corrected chi connectivity index (χ1v) is 9.38. The third-order valence-electron chi connectivity index (χ3n) is 5.31. The Morgan fingerprint density at radius 1 is 1.24 bits per heavy atom. The van der Waals surface area contributed by atoms with Crippen molar-refractivity contribution in [3.8, 4) is 0 Å². The zero-order valence-electron chi connectivity index (χ0n) is 12.6. The predicted molar refractivity (Wildman–Crippen MR) is 78.3 cm³/mol. The van der Waals surface area contributed by atoms with Crippen LogP contribution in [0.1, 0.15) is 32.1 Å². The van der Waals surface area contributed by atoms with E-state index in [4.69, 9.17) is 4.74 Å². The topological polar surface area (TPSA) is 66.9 Å². The first kappa shape index (κ1) is 15.2. The molecule has 1 aliphatic carbocycles. The van der Waals surface area contributed by atoms with Crippen LogP contribution in [0.25, 0.3) is 0 Å². The summed E-state index contributed by atoms with van der Waals surface area (Å²) in [5.41, 5.74) is -0.789. The number of carbonyl (C=O) groups is 1. The number of carbonyl (C=O) groups excluding carboxylic acids is 1. The number of sulfonamides is 1. The SMILES string of the molecule is COC(=O)C1(CS(=O)(=O)N2CC[C@H](N3CCC3)C2)CCC1. The minimum atomic E-state index is -3.38. The summed E-state index contributed by atoms with van der Waals surface area (Å²) < 4.78 is 31.7. The molecular weight excluding hydrogens is 292 g/mol. The molecule has 0 N–H and O–H groups in total. The molecule has 2 aliphatic heterocycles. The van der Waals surface area contributed by atoms with Crippen molar-refractivity contribution in [3.05, 3.63) is 0 Å². The van der Waals surface area contributed by atoms with Crippen molar-refractivity contribution in [2.75, 3.05) is 39.0 Å². The van der Waals surface area contributed by atoms with Gasteiger partial charge in [0.25, 0.3) is 0 Å². The van der Waals surface area contributed by atoms with Gasteiger partial charge in [0, 0.05) is 19.1 Å². The van der Waals surface area contributed by atoms with Crippen LogP contribution in [0.15, 0.2) is 0 Å². The molecule has 3 fully saturated rings. The van der Waals surface area contributed by atoms with Crippen LogP contribution in [-0.4, -0.2) is 68.7 Å². The average molecular weight is 316 g/mol. The van der Waals surface area contributed by atoms with Crippen LogP contribution in [0.3, 0.4) is 0 Å². The summed E-state index contributed by atoms with van der Waals surface area (Å²) in [6.07, 6.45) is 4.28. The van der Waals surface area contributed by atoms with Crippen LogP contribution in [0, 0.1) is 5.41 Å². The lowest BCUT2D eigenvalue weighted by Crippen LogP contribution is -2.49. The van der Waals surface area contributed by atoms with E-state index in [0.717, 1.165) is 25.9 Å². The second kappa shape index (κ2) is 5.52. The maximum Gasteiger partial charge on any atom is 0.312 e. The van der Waals surface area contributed by atoms with E-state index in [2.05, 4.69) is 4.90 Å². The molecule has 21 heavy (non-hydrogen) atoms. The molecule has 6 nitrogen and oxygen atoms in total. The quantitative estimate of drug-likeness (QED) is 0.689. The summed E-state index contributed by atoms with van der Waals surface area (Å²) in [6.45, 7) is 3.34. The van der Waals surface area contributed by atoms with E-state index >= 15 is 0 Å². The highest BCUT2D eigenvalue weighted by atomic mass is 32.2. The largest absolute Gasteiger partial charge is 0.469 e. The number of hydrogen-bond donors (Lipinski definition) is 0.